The van der Waals surface area contributed by atoms with Gasteiger partial charge in [0.15, 0.2) is 5.66 Å². The van der Waals surface area contributed by atoms with E-state index in [0.29, 0.717) is 5.69 Å². The standard InChI is InChI=1S/C20H16Cl6N2O3S/c1-11-3-7-13(8-4-11)27-19(28-32(30,31)14-9-5-12(2)6-10-14)16(22)15(21)17(29)18(23,24)20(19,25)26/h3-10,27-28H,1-2H3/t19-/m1/s1. The zero-order valence-corrected chi connectivity index (χ0v) is 21.9. The van der Waals surface area contributed by atoms with Crippen molar-refractivity contribution in [2.75, 3.05) is 5.32 Å². The molecule has 1 atom stereocenters. The second kappa shape index (κ2) is 8.82. The van der Waals surface area contributed by atoms with Gasteiger partial charge in [-0.25, -0.2) is 8.42 Å². The van der Waals surface area contributed by atoms with E-state index >= 15 is 0 Å². The van der Waals surface area contributed by atoms with E-state index in [9.17, 15) is 13.2 Å². The molecule has 2 aromatic carbocycles. The lowest BCUT2D eigenvalue weighted by Gasteiger charge is -2.50. The molecule has 1 aliphatic carbocycles. The van der Waals surface area contributed by atoms with Crippen LogP contribution in [0.1, 0.15) is 11.1 Å². The van der Waals surface area contributed by atoms with Gasteiger partial charge in [-0.1, -0.05) is 105 Å². The number of aryl methyl sites for hydroxylation is 2. The Kier molecular flexibility index (Phi) is 7.14. The second-order valence-corrected chi connectivity index (χ2v) is 12.4. The van der Waals surface area contributed by atoms with Gasteiger partial charge in [-0.05, 0) is 38.1 Å². The smallest absolute Gasteiger partial charge is 0.242 e. The van der Waals surface area contributed by atoms with Crippen molar-refractivity contribution >= 4 is 91.1 Å². The van der Waals surface area contributed by atoms with Crippen molar-refractivity contribution in [1.82, 2.24) is 4.72 Å². The summed E-state index contributed by atoms with van der Waals surface area (Å²) >= 11 is 38.2. The molecule has 0 fully saturated rings. The third kappa shape index (κ3) is 4.25. The second-order valence-electron chi connectivity index (χ2n) is 7.27. The molecule has 12 heteroatoms. The number of rotatable bonds is 5. The van der Waals surface area contributed by atoms with E-state index in [1.165, 1.54) is 12.1 Å². The van der Waals surface area contributed by atoms with Gasteiger partial charge in [-0.15, -0.1) is 0 Å². The van der Waals surface area contributed by atoms with Crippen molar-refractivity contribution in [2.24, 2.45) is 0 Å². The van der Waals surface area contributed by atoms with Gasteiger partial charge in [0.1, 0.15) is 5.03 Å². The monoisotopic (exact) mass is 574 g/mol. The molecular weight excluding hydrogens is 561 g/mol. The Labute approximate surface area is 216 Å². The summed E-state index contributed by atoms with van der Waals surface area (Å²) in [7, 11) is -4.35. The van der Waals surface area contributed by atoms with Crippen LogP contribution in [-0.2, 0) is 14.8 Å². The van der Waals surface area contributed by atoms with Gasteiger partial charge in [-0.3, -0.25) is 4.79 Å². The summed E-state index contributed by atoms with van der Waals surface area (Å²) in [4.78, 5) is 12.5. The van der Waals surface area contributed by atoms with Crippen molar-refractivity contribution in [3.05, 3.63) is 69.7 Å². The number of anilines is 1. The predicted molar refractivity (Wildman–Crippen MR) is 132 cm³/mol. The Morgan fingerprint density at radius 2 is 1.28 bits per heavy atom. The predicted octanol–water partition coefficient (Wildman–Crippen LogP) is 6.01. The number of allylic oxidation sites excluding steroid dienone is 1. The minimum Gasteiger partial charge on any atom is -0.359 e. The Hall–Kier alpha value is -0.700. The highest BCUT2D eigenvalue weighted by Gasteiger charge is 2.71. The van der Waals surface area contributed by atoms with Crippen LogP contribution in [0.2, 0.25) is 0 Å². The number of Topliss-reactive ketones (excluding diaryl/α,β-unsaturated/α-hetero) is 1. The molecule has 5 nitrogen and oxygen atoms in total. The summed E-state index contributed by atoms with van der Waals surface area (Å²) in [6, 6.07) is 12.7. The van der Waals surface area contributed by atoms with Crippen molar-refractivity contribution in [2.45, 2.75) is 33.1 Å². The molecule has 2 aromatic rings. The number of hydrogen-bond donors (Lipinski definition) is 2. The highest BCUT2D eigenvalue weighted by molar-refractivity contribution is 7.89. The molecule has 32 heavy (non-hydrogen) atoms. The summed E-state index contributed by atoms with van der Waals surface area (Å²) in [6.45, 7) is 3.66. The van der Waals surface area contributed by atoms with Gasteiger partial charge in [0.2, 0.25) is 24.5 Å². The SMILES string of the molecule is Cc1ccc(N[C@@]2(NS(=O)(=O)c3ccc(C)cc3)C(Cl)=C(Cl)C(=O)C(Cl)(Cl)C2(Cl)Cl)cc1. The van der Waals surface area contributed by atoms with Gasteiger partial charge >= 0.3 is 0 Å². The first-order valence-corrected chi connectivity index (χ1v) is 12.7. The van der Waals surface area contributed by atoms with Crippen LogP contribution in [0.25, 0.3) is 0 Å². The number of benzene rings is 2. The van der Waals surface area contributed by atoms with Crippen LogP contribution in [0.5, 0.6) is 0 Å². The first kappa shape index (κ1) is 25.9. The Morgan fingerprint density at radius 3 is 1.78 bits per heavy atom. The topological polar surface area (TPSA) is 75.3 Å². The quantitative estimate of drug-likeness (QED) is 0.338. The number of carbonyl (C=O) groups excluding carboxylic acids is 1. The molecular formula is C20H16Cl6N2O3S. The number of alkyl halides is 4. The summed E-state index contributed by atoms with van der Waals surface area (Å²) in [5, 5.41) is 1.71. The number of halogens is 6. The summed E-state index contributed by atoms with van der Waals surface area (Å²) in [6.07, 6.45) is 0. The first-order valence-electron chi connectivity index (χ1n) is 8.97. The van der Waals surface area contributed by atoms with Crippen molar-refractivity contribution in [3.63, 3.8) is 0 Å². The van der Waals surface area contributed by atoms with E-state index in [2.05, 4.69) is 10.0 Å². The third-order valence-electron chi connectivity index (χ3n) is 4.87. The molecule has 0 amide bonds. The van der Waals surface area contributed by atoms with Gasteiger partial charge < -0.3 is 5.32 Å². The number of sulfonamides is 1. The highest BCUT2D eigenvalue weighted by Crippen LogP contribution is 2.58. The molecule has 2 N–H and O–H groups in total. The highest BCUT2D eigenvalue weighted by atomic mass is 35.5. The van der Waals surface area contributed by atoms with Crippen LogP contribution < -0.4 is 10.0 Å². The molecule has 0 heterocycles. The van der Waals surface area contributed by atoms with E-state index in [4.69, 9.17) is 69.6 Å². The van der Waals surface area contributed by atoms with Gasteiger partial charge in [0.05, 0.1) is 9.93 Å². The van der Waals surface area contributed by atoms with Crippen molar-refractivity contribution < 1.29 is 13.2 Å². The first-order chi connectivity index (χ1) is 14.7. The fourth-order valence-electron chi connectivity index (χ4n) is 3.02. The van der Waals surface area contributed by atoms with Gasteiger partial charge in [-0.2, -0.15) is 4.72 Å². The summed E-state index contributed by atoms with van der Waals surface area (Å²) in [5.41, 5.74) is -0.222. The van der Waals surface area contributed by atoms with Crippen LogP contribution in [0.4, 0.5) is 5.69 Å². The largest absolute Gasteiger partial charge is 0.359 e. The molecule has 0 aliphatic heterocycles. The molecule has 0 aromatic heterocycles. The Bertz CT molecular complexity index is 1190. The zero-order chi connectivity index (χ0) is 24.1. The molecule has 3 rings (SSSR count). The van der Waals surface area contributed by atoms with Crippen LogP contribution in [0.3, 0.4) is 0 Å². The maximum absolute atomic E-state index is 13.3. The van der Waals surface area contributed by atoms with Crippen LogP contribution in [-0.4, -0.2) is 28.5 Å². The fraction of sp³-hybridized carbons (Fsp3) is 0.250. The summed E-state index contributed by atoms with van der Waals surface area (Å²) in [5.74, 6) is -1.08. The maximum Gasteiger partial charge on any atom is 0.242 e. The van der Waals surface area contributed by atoms with Gasteiger partial charge in [0, 0.05) is 5.69 Å². The molecule has 0 saturated carbocycles. The minimum atomic E-state index is -4.35. The Balaban J connectivity index is 2.27. The van der Waals surface area contributed by atoms with Gasteiger partial charge in [0.25, 0.3) is 0 Å². The number of ketones is 1. The lowest BCUT2D eigenvalue weighted by Crippen LogP contribution is -2.73. The molecule has 172 valence electrons. The molecule has 0 bridgehead atoms. The molecule has 0 radical (unpaired) electrons. The van der Waals surface area contributed by atoms with Crippen LogP contribution >= 0.6 is 69.6 Å². The van der Waals surface area contributed by atoms with Crippen molar-refractivity contribution in [3.8, 4) is 0 Å². The lowest BCUT2D eigenvalue weighted by molar-refractivity contribution is -0.116. The van der Waals surface area contributed by atoms with E-state index in [1.54, 1.807) is 43.3 Å². The maximum atomic E-state index is 13.3. The van der Waals surface area contributed by atoms with Crippen molar-refractivity contribution in [1.29, 1.82) is 0 Å². The van der Waals surface area contributed by atoms with E-state index in [1.807, 2.05) is 6.92 Å². The number of carbonyl (C=O) groups is 1. The average molecular weight is 577 g/mol. The van der Waals surface area contributed by atoms with E-state index in [-0.39, 0.29) is 4.90 Å². The van der Waals surface area contributed by atoms with E-state index < -0.39 is 40.2 Å². The number of hydrogen-bond acceptors (Lipinski definition) is 4. The molecule has 0 unspecified atom stereocenters. The third-order valence-corrected chi connectivity index (χ3v) is 9.70. The van der Waals surface area contributed by atoms with Crippen LogP contribution in [0, 0.1) is 13.8 Å². The molecule has 0 saturated heterocycles. The summed E-state index contributed by atoms with van der Waals surface area (Å²) < 4.78 is 23.9. The average Bonchev–Trinajstić information content (AvgIpc) is 2.72. The zero-order valence-electron chi connectivity index (χ0n) is 16.5. The normalized spacial score (nSPS) is 22.7. The Morgan fingerprint density at radius 1 is 0.812 bits per heavy atom. The fourth-order valence-corrected chi connectivity index (χ4v) is 6.33. The lowest BCUT2D eigenvalue weighted by atomic mass is 9.92. The van der Waals surface area contributed by atoms with E-state index in [0.717, 1.165) is 11.1 Å². The number of nitrogens with one attached hydrogen (secondary N) is 2. The minimum absolute atomic E-state index is 0.121. The van der Waals surface area contributed by atoms with Crippen LogP contribution in [0.15, 0.2) is 63.5 Å². The molecule has 0 spiro atoms. The molecule has 1 aliphatic rings.